The lowest BCUT2D eigenvalue weighted by Crippen LogP contribution is -2.27. The molecule has 3 N–H and O–H groups in total. The van der Waals surface area contributed by atoms with Crippen LogP contribution >= 0.6 is 0 Å². The number of nitrogens with one attached hydrogen (secondary N) is 1. The van der Waals surface area contributed by atoms with Crippen LogP contribution in [-0.4, -0.2) is 35.8 Å². The van der Waals surface area contributed by atoms with Crippen molar-refractivity contribution in [2.75, 3.05) is 29.9 Å². The molecular formula is C23H30FN5. The van der Waals surface area contributed by atoms with Crippen molar-refractivity contribution in [2.45, 2.75) is 39.9 Å². The van der Waals surface area contributed by atoms with Gasteiger partial charge in [0, 0.05) is 31.6 Å². The van der Waals surface area contributed by atoms with Crippen molar-refractivity contribution in [3.05, 3.63) is 59.2 Å². The molecule has 0 saturated carbocycles. The van der Waals surface area contributed by atoms with Crippen LogP contribution in [0.25, 0.3) is 10.9 Å². The molecule has 3 aromatic rings. The van der Waals surface area contributed by atoms with E-state index in [4.69, 9.17) is 15.7 Å². The Labute approximate surface area is 172 Å². The van der Waals surface area contributed by atoms with Crippen LogP contribution in [0.3, 0.4) is 0 Å². The second-order valence-corrected chi connectivity index (χ2v) is 7.45. The molecule has 0 bridgehead atoms. The molecule has 0 spiro atoms. The number of aryl methyl sites for hydroxylation is 2. The van der Waals surface area contributed by atoms with Crippen LogP contribution in [0.15, 0.2) is 42.5 Å². The number of hydrogen-bond donors (Lipinski definition) is 2. The number of alkyl halides is 1. The van der Waals surface area contributed by atoms with Gasteiger partial charge in [0.1, 0.15) is 12.0 Å². The maximum Gasteiger partial charge on any atom is 0.228 e. The van der Waals surface area contributed by atoms with Crippen LogP contribution in [0.4, 0.5) is 16.2 Å². The van der Waals surface area contributed by atoms with Gasteiger partial charge in [0.25, 0.3) is 0 Å². The largest absolute Gasteiger partial charge is 0.366 e. The Balaban J connectivity index is 2.01. The topological polar surface area (TPSA) is 67.1 Å². The average molecular weight is 396 g/mol. The van der Waals surface area contributed by atoms with Crippen molar-refractivity contribution in [1.29, 1.82) is 0 Å². The van der Waals surface area contributed by atoms with E-state index in [0.29, 0.717) is 11.8 Å². The van der Waals surface area contributed by atoms with Crippen LogP contribution in [-0.2, 0) is 6.54 Å². The predicted molar refractivity (Wildman–Crippen MR) is 119 cm³/mol. The SMILES string of the molecule is CCCN(Cc1ccccc1C)c1nc(NCC(F)CN)c2cc(C)ccc2n1. The summed E-state index contributed by atoms with van der Waals surface area (Å²) in [4.78, 5) is 11.8. The van der Waals surface area contributed by atoms with Crippen molar-refractivity contribution in [1.82, 2.24) is 9.97 Å². The third-order valence-corrected chi connectivity index (χ3v) is 4.99. The van der Waals surface area contributed by atoms with E-state index in [-0.39, 0.29) is 13.1 Å². The molecule has 0 amide bonds. The fourth-order valence-electron chi connectivity index (χ4n) is 3.31. The minimum absolute atomic E-state index is 0.0167. The van der Waals surface area contributed by atoms with Gasteiger partial charge < -0.3 is 16.0 Å². The molecule has 0 aliphatic carbocycles. The summed E-state index contributed by atoms with van der Waals surface area (Å²) in [6.45, 7) is 7.95. The molecule has 5 nitrogen and oxygen atoms in total. The molecule has 154 valence electrons. The van der Waals surface area contributed by atoms with E-state index in [1.54, 1.807) is 0 Å². The van der Waals surface area contributed by atoms with E-state index in [1.165, 1.54) is 11.1 Å². The maximum atomic E-state index is 13.8. The number of anilines is 2. The Morgan fingerprint density at radius 2 is 1.93 bits per heavy atom. The summed E-state index contributed by atoms with van der Waals surface area (Å²) in [6, 6.07) is 14.4. The molecule has 0 aliphatic heterocycles. The molecule has 0 saturated heterocycles. The Kier molecular flexibility index (Phi) is 6.99. The zero-order valence-electron chi connectivity index (χ0n) is 17.5. The second-order valence-electron chi connectivity index (χ2n) is 7.45. The molecule has 0 fully saturated rings. The highest BCUT2D eigenvalue weighted by Crippen LogP contribution is 2.26. The van der Waals surface area contributed by atoms with Crippen molar-refractivity contribution in [2.24, 2.45) is 5.73 Å². The first-order valence-corrected chi connectivity index (χ1v) is 10.2. The minimum Gasteiger partial charge on any atom is -0.366 e. The smallest absolute Gasteiger partial charge is 0.228 e. The number of benzene rings is 2. The summed E-state index contributed by atoms with van der Waals surface area (Å²) >= 11 is 0. The van der Waals surface area contributed by atoms with Crippen LogP contribution in [0.1, 0.15) is 30.0 Å². The van der Waals surface area contributed by atoms with Gasteiger partial charge in [0.05, 0.1) is 5.52 Å². The minimum atomic E-state index is -1.12. The summed E-state index contributed by atoms with van der Waals surface area (Å²) < 4.78 is 13.8. The molecule has 1 aromatic heterocycles. The van der Waals surface area contributed by atoms with Crippen LogP contribution in [0, 0.1) is 13.8 Å². The number of nitrogens with two attached hydrogens (primary N) is 1. The fraction of sp³-hybridized carbons (Fsp3) is 0.391. The molecule has 2 aromatic carbocycles. The van der Waals surface area contributed by atoms with Gasteiger partial charge in [-0.2, -0.15) is 4.98 Å². The van der Waals surface area contributed by atoms with Gasteiger partial charge in [0.15, 0.2) is 0 Å². The number of rotatable bonds is 9. The quantitative estimate of drug-likeness (QED) is 0.563. The number of aromatic nitrogens is 2. The van der Waals surface area contributed by atoms with Gasteiger partial charge >= 0.3 is 0 Å². The monoisotopic (exact) mass is 395 g/mol. The molecule has 3 rings (SSSR count). The Morgan fingerprint density at radius 1 is 1.14 bits per heavy atom. The first kappa shape index (κ1) is 21.0. The molecule has 1 unspecified atom stereocenters. The average Bonchev–Trinajstić information content (AvgIpc) is 2.72. The lowest BCUT2D eigenvalue weighted by Gasteiger charge is -2.24. The Bertz CT molecular complexity index is 959. The van der Waals surface area contributed by atoms with Gasteiger partial charge in [-0.05, 0) is 43.5 Å². The second kappa shape index (κ2) is 9.65. The molecule has 0 radical (unpaired) electrons. The standard InChI is InChI=1S/C23H30FN5/c1-4-11-29(15-18-8-6-5-7-17(18)3)23-27-21-10-9-16(2)12-20(21)22(28-23)26-14-19(24)13-25/h5-10,12,19H,4,11,13-15,25H2,1-3H3,(H,26,27,28). The lowest BCUT2D eigenvalue weighted by molar-refractivity contribution is 0.358. The number of hydrogen-bond acceptors (Lipinski definition) is 5. The van der Waals surface area contributed by atoms with Crippen LogP contribution in [0.5, 0.6) is 0 Å². The van der Waals surface area contributed by atoms with Crippen molar-refractivity contribution in [3.8, 4) is 0 Å². The number of nitrogens with zero attached hydrogens (tertiary/aromatic N) is 3. The van der Waals surface area contributed by atoms with Gasteiger partial charge in [0.2, 0.25) is 5.95 Å². The zero-order chi connectivity index (χ0) is 20.8. The van der Waals surface area contributed by atoms with E-state index >= 15 is 0 Å². The number of fused-ring (bicyclic) bond motifs is 1. The third-order valence-electron chi connectivity index (χ3n) is 4.99. The summed E-state index contributed by atoms with van der Waals surface area (Å²) in [5.74, 6) is 1.30. The highest BCUT2D eigenvalue weighted by molar-refractivity contribution is 5.90. The van der Waals surface area contributed by atoms with Gasteiger partial charge in [-0.25, -0.2) is 9.37 Å². The van der Waals surface area contributed by atoms with Gasteiger partial charge in [-0.15, -0.1) is 0 Å². The van der Waals surface area contributed by atoms with Crippen LogP contribution in [0.2, 0.25) is 0 Å². The van der Waals surface area contributed by atoms with Crippen molar-refractivity contribution in [3.63, 3.8) is 0 Å². The molecule has 6 heteroatoms. The zero-order valence-corrected chi connectivity index (χ0v) is 17.5. The van der Waals surface area contributed by atoms with E-state index in [1.807, 2.05) is 31.2 Å². The molecule has 29 heavy (non-hydrogen) atoms. The highest BCUT2D eigenvalue weighted by Gasteiger charge is 2.16. The molecule has 1 atom stereocenters. The molecular weight excluding hydrogens is 365 g/mol. The van der Waals surface area contributed by atoms with Crippen LogP contribution < -0.4 is 16.0 Å². The third kappa shape index (κ3) is 5.21. The maximum absolute atomic E-state index is 13.8. The summed E-state index contributed by atoms with van der Waals surface area (Å²) in [5.41, 5.74) is 9.88. The van der Waals surface area contributed by atoms with E-state index in [0.717, 1.165) is 36.0 Å². The fourth-order valence-corrected chi connectivity index (χ4v) is 3.31. The van der Waals surface area contributed by atoms with E-state index in [2.05, 4.69) is 42.3 Å². The van der Waals surface area contributed by atoms with E-state index < -0.39 is 6.17 Å². The summed E-state index contributed by atoms with van der Waals surface area (Å²) in [7, 11) is 0. The molecule has 0 aliphatic rings. The lowest BCUT2D eigenvalue weighted by atomic mass is 10.1. The number of halogens is 1. The van der Waals surface area contributed by atoms with E-state index in [9.17, 15) is 4.39 Å². The van der Waals surface area contributed by atoms with Crippen molar-refractivity contribution < 1.29 is 4.39 Å². The first-order chi connectivity index (χ1) is 14.0. The normalized spacial score (nSPS) is 12.2. The molecule has 1 heterocycles. The highest BCUT2D eigenvalue weighted by atomic mass is 19.1. The van der Waals surface area contributed by atoms with Gasteiger partial charge in [-0.3, -0.25) is 0 Å². The van der Waals surface area contributed by atoms with Crippen molar-refractivity contribution >= 4 is 22.7 Å². The predicted octanol–water partition coefficient (Wildman–Crippen LogP) is 4.37. The Morgan fingerprint density at radius 3 is 2.66 bits per heavy atom. The Hall–Kier alpha value is -2.73. The first-order valence-electron chi connectivity index (χ1n) is 10.2. The summed E-state index contributed by atoms with van der Waals surface area (Å²) in [5, 5.41) is 4.04. The summed E-state index contributed by atoms with van der Waals surface area (Å²) in [6.07, 6.45) is -0.143. The van der Waals surface area contributed by atoms with Gasteiger partial charge in [-0.1, -0.05) is 42.8 Å².